The van der Waals surface area contributed by atoms with Crippen LogP contribution < -0.4 is 5.32 Å². The second-order valence-corrected chi connectivity index (χ2v) is 7.00. The van der Waals surface area contributed by atoms with Crippen molar-refractivity contribution in [3.8, 4) is 0 Å². The first-order valence-electron chi connectivity index (χ1n) is 8.16. The Bertz CT molecular complexity index is 677. The Morgan fingerprint density at radius 3 is 2.48 bits per heavy atom. The van der Waals surface area contributed by atoms with E-state index in [1.807, 2.05) is 18.3 Å². The van der Waals surface area contributed by atoms with Crippen molar-refractivity contribution in [2.45, 2.75) is 51.9 Å². The van der Waals surface area contributed by atoms with E-state index in [2.05, 4.69) is 72.0 Å². The highest BCUT2D eigenvalue weighted by Gasteiger charge is 2.41. The molecule has 3 rings (SSSR count). The molecule has 1 fully saturated rings. The zero-order chi connectivity index (χ0) is 16.6. The molecule has 0 spiro atoms. The van der Waals surface area contributed by atoms with E-state index in [-0.39, 0.29) is 12.1 Å². The van der Waals surface area contributed by atoms with Gasteiger partial charge in [-0.1, -0.05) is 6.07 Å². The van der Waals surface area contributed by atoms with Gasteiger partial charge in [-0.25, -0.2) is 0 Å². The largest absolute Gasteiger partial charge is 0.352 e. The molecule has 0 aliphatic carbocycles. The van der Waals surface area contributed by atoms with Crippen molar-refractivity contribution in [3.63, 3.8) is 0 Å². The molecular formula is C18H24N4S. The average Bonchev–Trinajstić information content (AvgIpc) is 3.12. The van der Waals surface area contributed by atoms with Gasteiger partial charge in [-0.05, 0) is 63.7 Å². The number of aromatic nitrogens is 2. The Morgan fingerprint density at radius 2 is 1.91 bits per heavy atom. The van der Waals surface area contributed by atoms with Gasteiger partial charge in [0.1, 0.15) is 0 Å². The SMILES string of the molecule is CC(C)N1C(=S)N[C@@H](c2ccccn2)[C@@H]1c1ccn(C(C)C)c1. The zero-order valence-electron chi connectivity index (χ0n) is 14.1. The molecule has 2 aromatic rings. The first-order chi connectivity index (χ1) is 11.0. The van der Waals surface area contributed by atoms with E-state index in [0.29, 0.717) is 12.1 Å². The van der Waals surface area contributed by atoms with E-state index in [1.54, 1.807) is 0 Å². The van der Waals surface area contributed by atoms with Gasteiger partial charge >= 0.3 is 0 Å². The van der Waals surface area contributed by atoms with Gasteiger partial charge in [0.2, 0.25) is 0 Å². The van der Waals surface area contributed by atoms with Crippen molar-refractivity contribution < 1.29 is 0 Å². The third-order valence-corrected chi connectivity index (χ3v) is 4.70. The van der Waals surface area contributed by atoms with Crippen LogP contribution in [0.5, 0.6) is 0 Å². The van der Waals surface area contributed by atoms with E-state index in [0.717, 1.165) is 10.8 Å². The van der Waals surface area contributed by atoms with Crippen molar-refractivity contribution in [2.75, 3.05) is 0 Å². The molecule has 1 aliphatic heterocycles. The monoisotopic (exact) mass is 328 g/mol. The lowest BCUT2D eigenvalue weighted by Gasteiger charge is -2.30. The van der Waals surface area contributed by atoms with Gasteiger partial charge in [0.25, 0.3) is 0 Å². The third kappa shape index (κ3) is 2.98. The normalized spacial score (nSPS) is 21.3. The molecular weight excluding hydrogens is 304 g/mol. The summed E-state index contributed by atoms with van der Waals surface area (Å²) in [6, 6.07) is 9.26. The zero-order valence-corrected chi connectivity index (χ0v) is 14.9. The highest BCUT2D eigenvalue weighted by molar-refractivity contribution is 7.80. The number of hydrogen-bond donors (Lipinski definition) is 1. The topological polar surface area (TPSA) is 33.1 Å². The number of nitrogens with one attached hydrogen (secondary N) is 1. The second-order valence-electron chi connectivity index (χ2n) is 6.61. The van der Waals surface area contributed by atoms with Crippen LogP contribution in [0.2, 0.25) is 0 Å². The maximum absolute atomic E-state index is 5.61. The summed E-state index contributed by atoms with van der Waals surface area (Å²) in [4.78, 5) is 6.84. The smallest absolute Gasteiger partial charge is 0.170 e. The lowest BCUT2D eigenvalue weighted by Crippen LogP contribution is -2.35. The predicted octanol–water partition coefficient (Wildman–Crippen LogP) is 3.84. The van der Waals surface area contributed by atoms with E-state index >= 15 is 0 Å². The minimum Gasteiger partial charge on any atom is -0.352 e. The van der Waals surface area contributed by atoms with Crippen LogP contribution in [-0.2, 0) is 0 Å². The van der Waals surface area contributed by atoms with E-state index in [1.165, 1.54) is 5.56 Å². The number of pyridine rings is 1. The number of nitrogens with zero attached hydrogens (tertiary/aromatic N) is 3. The number of thiocarbonyl (C=S) groups is 1. The van der Waals surface area contributed by atoms with Crippen LogP contribution >= 0.6 is 12.2 Å². The quantitative estimate of drug-likeness (QED) is 0.865. The minimum absolute atomic E-state index is 0.0779. The maximum atomic E-state index is 5.61. The molecule has 0 radical (unpaired) electrons. The molecule has 1 N–H and O–H groups in total. The fourth-order valence-electron chi connectivity index (χ4n) is 3.20. The summed E-state index contributed by atoms with van der Waals surface area (Å²) < 4.78 is 2.24. The van der Waals surface area contributed by atoms with Crippen molar-refractivity contribution in [1.29, 1.82) is 0 Å². The first-order valence-corrected chi connectivity index (χ1v) is 8.57. The van der Waals surface area contributed by atoms with Gasteiger partial charge in [0, 0.05) is 30.7 Å². The van der Waals surface area contributed by atoms with Gasteiger partial charge in [-0.3, -0.25) is 4.98 Å². The Labute approximate surface area is 143 Å². The van der Waals surface area contributed by atoms with E-state index in [9.17, 15) is 0 Å². The van der Waals surface area contributed by atoms with Gasteiger partial charge < -0.3 is 14.8 Å². The molecule has 23 heavy (non-hydrogen) atoms. The Morgan fingerprint density at radius 1 is 1.13 bits per heavy atom. The Balaban J connectivity index is 2.03. The highest BCUT2D eigenvalue weighted by Crippen LogP contribution is 2.39. The van der Waals surface area contributed by atoms with Crippen LogP contribution in [0, 0.1) is 0 Å². The lowest BCUT2D eigenvalue weighted by atomic mass is 9.98. The van der Waals surface area contributed by atoms with Crippen molar-refractivity contribution in [3.05, 3.63) is 54.1 Å². The van der Waals surface area contributed by atoms with Crippen molar-refractivity contribution in [1.82, 2.24) is 19.8 Å². The van der Waals surface area contributed by atoms with Gasteiger partial charge in [0.05, 0.1) is 17.8 Å². The van der Waals surface area contributed by atoms with Gasteiger partial charge in [-0.15, -0.1) is 0 Å². The molecule has 3 heterocycles. The van der Waals surface area contributed by atoms with E-state index in [4.69, 9.17) is 12.2 Å². The molecule has 2 atom stereocenters. The van der Waals surface area contributed by atoms with Crippen LogP contribution in [0.25, 0.3) is 0 Å². The lowest BCUT2D eigenvalue weighted by molar-refractivity contribution is 0.269. The summed E-state index contributed by atoms with van der Waals surface area (Å²) in [5.41, 5.74) is 2.30. The molecule has 1 saturated heterocycles. The summed E-state index contributed by atoms with van der Waals surface area (Å²) in [5.74, 6) is 0. The molecule has 4 nitrogen and oxygen atoms in total. The Kier molecular flexibility index (Phi) is 4.39. The molecule has 0 saturated carbocycles. The second kappa shape index (κ2) is 6.32. The summed E-state index contributed by atoms with van der Waals surface area (Å²) >= 11 is 5.61. The maximum Gasteiger partial charge on any atom is 0.170 e. The number of rotatable bonds is 4. The van der Waals surface area contributed by atoms with Crippen LogP contribution in [0.1, 0.15) is 57.1 Å². The predicted molar refractivity (Wildman–Crippen MR) is 97.2 cm³/mol. The molecule has 0 aromatic carbocycles. The highest BCUT2D eigenvalue weighted by atomic mass is 32.1. The van der Waals surface area contributed by atoms with Crippen LogP contribution in [0.4, 0.5) is 0 Å². The average molecular weight is 328 g/mol. The van der Waals surface area contributed by atoms with Crippen molar-refractivity contribution in [2.24, 2.45) is 0 Å². The van der Waals surface area contributed by atoms with Crippen LogP contribution in [0.15, 0.2) is 42.9 Å². The van der Waals surface area contributed by atoms with E-state index < -0.39 is 0 Å². The Hall–Kier alpha value is -1.88. The molecule has 0 bridgehead atoms. The minimum atomic E-state index is 0.0779. The molecule has 0 amide bonds. The molecule has 0 unspecified atom stereocenters. The fourth-order valence-corrected chi connectivity index (χ4v) is 3.66. The number of hydrogen-bond acceptors (Lipinski definition) is 2. The summed E-state index contributed by atoms with van der Waals surface area (Å²) in [6.45, 7) is 8.75. The molecule has 2 aromatic heterocycles. The standard InChI is InChI=1S/C18H24N4S/c1-12(2)21-10-8-14(11-21)17-16(15-7-5-6-9-19-15)20-18(23)22(17)13(3)4/h5-13,16-17H,1-4H3,(H,20,23)/t16-,17-/m0/s1. The van der Waals surface area contributed by atoms with Crippen LogP contribution in [-0.4, -0.2) is 25.6 Å². The van der Waals surface area contributed by atoms with Crippen LogP contribution in [0.3, 0.4) is 0 Å². The summed E-state index contributed by atoms with van der Waals surface area (Å²) in [7, 11) is 0. The van der Waals surface area contributed by atoms with Gasteiger partial charge in [-0.2, -0.15) is 0 Å². The fraction of sp³-hybridized carbons (Fsp3) is 0.444. The van der Waals surface area contributed by atoms with Gasteiger partial charge in [0.15, 0.2) is 5.11 Å². The molecule has 122 valence electrons. The molecule has 5 heteroatoms. The molecule has 1 aliphatic rings. The summed E-state index contributed by atoms with van der Waals surface area (Å²) in [6.07, 6.45) is 6.22. The third-order valence-electron chi connectivity index (χ3n) is 4.37. The first kappa shape index (κ1) is 16.0. The van der Waals surface area contributed by atoms with Crippen molar-refractivity contribution >= 4 is 17.3 Å². The summed E-state index contributed by atoms with van der Waals surface area (Å²) in [5, 5.41) is 4.28.